The van der Waals surface area contributed by atoms with Crippen LogP contribution in [-0.2, 0) is 0 Å². The topological polar surface area (TPSA) is 65.4 Å². The van der Waals surface area contributed by atoms with Crippen molar-refractivity contribution in [3.8, 4) is 39.8 Å². The minimum atomic E-state index is 0.560. The van der Waals surface area contributed by atoms with Crippen molar-refractivity contribution >= 4 is 10.9 Å². The maximum absolute atomic E-state index is 10.1. The van der Waals surface area contributed by atoms with Gasteiger partial charge in [-0.05, 0) is 36.8 Å². The third kappa shape index (κ3) is 3.03. The molecule has 4 heteroatoms. The van der Waals surface area contributed by atoms with Gasteiger partial charge in [0.1, 0.15) is 6.07 Å². The van der Waals surface area contributed by atoms with Crippen molar-refractivity contribution in [1.29, 1.82) is 5.26 Å². The molecule has 0 aliphatic rings. The zero-order valence-electron chi connectivity index (χ0n) is 16.4. The van der Waals surface area contributed by atoms with E-state index in [2.05, 4.69) is 35.1 Å². The first-order chi connectivity index (χ1) is 14.7. The summed E-state index contributed by atoms with van der Waals surface area (Å²) in [5.74, 6) is 0. The molecule has 3 aromatic heterocycles. The average Bonchev–Trinajstić information content (AvgIpc) is 3.23. The van der Waals surface area contributed by atoms with E-state index >= 15 is 0 Å². The molecule has 0 atom stereocenters. The molecule has 0 spiro atoms. The molecule has 5 rings (SSSR count). The second kappa shape index (κ2) is 7.31. The summed E-state index contributed by atoms with van der Waals surface area (Å²) < 4.78 is 0. The first-order valence-electron chi connectivity index (χ1n) is 9.74. The molecule has 5 aromatic rings. The second-order valence-corrected chi connectivity index (χ2v) is 7.22. The van der Waals surface area contributed by atoms with Crippen LogP contribution in [0.4, 0.5) is 0 Å². The largest absolute Gasteiger partial charge is 0.360 e. The summed E-state index contributed by atoms with van der Waals surface area (Å²) >= 11 is 0. The molecule has 30 heavy (non-hydrogen) atoms. The van der Waals surface area contributed by atoms with Crippen LogP contribution in [0.25, 0.3) is 44.7 Å². The molecule has 0 fully saturated rings. The smallest absolute Gasteiger partial charge is 0.102 e. The molecule has 2 aromatic carbocycles. The highest BCUT2D eigenvalue weighted by Gasteiger charge is 2.19. The van der Waals surface area contributed by atoms with Crippen LogP contribution in [0.5, 0.6) is 0 Å². The van der Waals surface area contributed by atoms with Crippen LogP contribution >= 0.6 is 0 Å². The fraction of sp³-hybridized carbons (Fsp3) is 0.0385. The number of para-hydroxylation sites is 1. The number of rotatable bonds is 3. The lowest BCUT2D eigenvalue weighted by Gasteiger charge is -2.13. The Bertz CT molecular complexity index is 1410. The van der Waals surface area contributed by atoms with E-state index in [1.54, 1.807) is 6.20 Å². The Morgan fingerprint density at radius 1 is 0.867 bits per heavy atom. The van der Waals surface area contributed by atoms with Gasteiger partial charge >= 0.3 is 0 Å². The van der Waals surface area contributed by atoms with Crippen molar-refractivity contribution in [2.45, 2.75) is 6.92 Å². The molecule has 142 valence electrons. The minimum absolute atomic E-state index is 0.560. The van der Waals surface area contributed by atoms with Crippen LogP contribution in [0.2, 0.25) is 0 Å². The summed E-state index contributed by atoms with van der Waals surface area (Å²) in [7, 11) is 0. The first-order valence-corrected chi connectivity index (χ1v) is 9.74. The Kier molecular flexibility index (Phi) is 4.34. The molecular weight excluding hydrogens is 368 g/mol. The predicted molar refractivity (Wildman–Crippen MR) is 120 cm³/mol. The Labute approximate surface area is 174 Å². The number of aromatic amines is 1. The van der Waals surface area contributed by atoms with Crippen molar-refractivity contribution < 1.29 is 0 Å². The van der Waals surface area contributed by atoms with Crippen molar-refractivity contribution in [1.82, 2.24) is 15.0 Å². The van der Waals surface area contributed by atoms with Gasteiger partial charge in [0.2, 0.25) is 0 Å². The number of nitrogens with zero attached hydrogens (tertiary/aromatic N) is 3. The number of hydrogen-bond donors (Lipinski definition) is 1. The maximum Gasteiger partial charge on any atom is 0.102 e. The standard InChI is InChI=1S/C26H18N4/c1-17-7-6-8-18(13-17)20-14-25(24-11-4-5-12-28-24)30-26(21(20)15-27)22-16-29-23-10-3-2-9-19(22)23/h2-14,16,29H,1H3. The van der Waals surface area contributed by atoms with Gasteiger partial charge in [-0.1, -0.05) is 54.1 Å². The Hall–Kier alpha value is -4.23. The number of H-pyrrole nitrogens is 1. The monoisotopic (exact) mass is 386 g/mol. The lowest BCUT2D eigenvalue weighted by atomic mass is 9.94. The molecule has 0 bridgehead atoms. The third-order valence-electron chi connectivity index (χ3n) is 5.23. The Balaban J connectivity index is 1.85. The summed E-state index contributed by atoms with van der Waals surface area (Å²) in [6.07, 6.45) is 3.68. The minimum Gasteiger partial charge on any atom is -0.360 e. The molecule has 0 radical (unpaired) electrons. The van der Waals surface area contributed by atoms with Crippen LogP contribution in [0.15, 0.2) is 85.2 Å². The molecule has 3 heterocycles. The number of aromatic nitrogens is 3. The molecule has 0 saturated carbocycles. The number of nitrogens with one attached hydrogen (secondary N) is 1. The van der Waals surface area contributed by atoms with Gasteiger partial charge in [0.05, 0.1) is 22.6 Å². The predicted octanol–water partition coefficient (Wildman–Crippen LogP) is 6.14. The van der Waals surface area contributed by atoms with Gasteiger partial charge in [0.15, 0.2) is 0 Å². The van der Waals surface area contributed by atoms with Crippen molar-refractivity contribution in [3.63, 3.8) is 0 Å². The number of nitriles is 1. The van der Waals surface area contributed by atoms with E-state index in [0.29, 0.717) is 11.3 Å². The SMILES string of the molecule is Cc1cccc(-c2cc(-c3ccccn3)nc(-c3c[nH]c4ccccc34)c2C#N)c1. The van der Waals surface area contributed by atoms with E-state index in [1.807, 2.05) is 66.9 Å². The fourth-order valence-corrected chi connectivity index (χ4v) is 3.81. The normalized spacial score (nSPS) is 10.8. The van der Waals surface area contributed by atoms with Crippen molar-refractivity contribution in [3.05, 3.63) is 96.3 Å². The first kappa shape index (κ1) is 17.8. The number of aryl methyl sites for hydroxylation is 1. The Morgan fingerprint density at radius 3 is 2.53 bits per heavy atom. The number of hydrogen-bond acceptors (Lipinski definition) is 3. The van der Waals surface area contributed by atoms with Gasteiger partial charge in [-0.2, -0.15) is 5.26 Å². The fourth-order valence-electron chi connectivity index (χ4n) is 3.81. The van der Waals surface area contributed by atoms with E-state index < -0.39 is 0 Å². The van der Waals surface area contributed by atoms with Crippen LogP contribution in [0.1, 0.15) is 11.1 Å². The molecule has 0 aliphatic heterocycles. The van der Waals surface area contributed by atoms with Gasteiger partial charge in [0, 0.05) is 34.4 Å². The molecule has 1 N–H and O–H groups in total. The summed E-state index contributed by atoms with van der Waals surface area (Å²) in [6.45, 7) is 2.05. The van der Waals surface area contributed by atoms with Gasteiger partial charge in [0.25, 0.3) is 0 Å². The maximum atomic E-state index is 10.1. The van der Waals surface area contributed by atoms with Crippen LogP contribution in [-0.4, -0.2) is 15.0 Å². The average molecular weight is 386 g/mol. The van der Waals surface area contributed by atoms with E-state index in [4.69, 9.17) is 4.98 Å². The number of fused-ring (bicyclic) bond motifs is 1. The highest BCUT2D eigenvalue weighted by atomic mass is 14.8. The lowest BCUT2D eigenvalue weighted by Crippen LogP contribution is -1.97. The molecule has 0 amide bonds. The quantitative estimate of drug-likeness (QED) is 0.405. The summed E-state index contributed by atoms with van der Waals surface area (Å²) in [5.41, 5.74) is 7.65. The summed E-state index contributed by atoms with van der Waals surface area (Å²) in [5, 5.41) is 11.2. The van der Waals surface area contributed by atoms with Gasteiger partial charge in [-0.15, -0.1) is 0 Å². The van der Waals surface area contributed by atoms with E-state index in [1.165, 1.54) is 0 Å². The van der Waals surface area contributed by atoms with Crippen LogP contribution < -0.4 is 0 Å². The zero-order chi connectivity index (χ0) is 20.5. The second-order valence-electron chi connectivity index (χ2n) is 7.22. The zero-order valence-corrected chi connectivity index (χ0v) is 16.4. The third-order valence-corrected chi connectivity index (χ3v) is 5.23. The van der Waals surface area contributed by atoms with E-state index in [9.17, 15) is 5.26 Å². The van der Waals surface area contributed by atoms with Gasteiger partial charge in [-0.25, -0.2) is 4.98 Å². The van der Waals surface area contributed by atoms with E-state index in [0.717, 1.165) is 44.5 Å². The van der Waals surface area contributed by atoms with Crippen LogP contribution in [0.3, 0.4) is 0 Å². The highest BCUT2D eigenvalue weighted by Crippen LogP contribution is 2.37. The van der Waals surface area contributed by atoms with Crippen molar-refractivity contribution in [2.75, 3.05) is 0 Å². The summed E-state index contributed by atoms with van der Waals surface area (Å²) in [6, 6.07) is 26.4. The number of benzene rings is 2. The molecule has 0 unspecified atom stereocenters. The molecule has 0 aliphatic carbocycles. The molecule has 0 saturated heterocycles. The molecule has 4 nitrogen and oxygen atoms in total. The van der Waals surface area contributed by atoms with E-state index in [-0.39, 0.29) is 0 Å². The van der Waals surface area contributed by atoms with Gasteiger partial charge in [-0.3, -0.25) is 4.98 Å². The van der Waals surface area contributed by atoms with Gasteiger partial charge < -0.3 is 4.98 Å². The van der Waals surface area contributed by atoms with Crippen LogP contribution in [0, 0.1) is 18.3 Å². The summed E-state index contributed by atoms with van der Waals surface area (Å²) in [4.78, 5) is 12.7. The Morgan fingerprint density at radius 2 is 1.73 bits per heavy atom. The molecular formula is C26H18N4. The highest BCUT2D eigenvalue weighted by molar-refractivity contribution is 5.97. The number of pyridine rings is 2. The van der Waals surface area contributed by atoms with Crippen molar-refractivity contribution in [2.24, 2.45) is 0 Å². The lowest BCUT2D eigenvalue weighted by molar-refractivity contribution is 1.24.